The van der Waals surface area contributed by atoms with Crippen molar-refractivity contribution in [2.45, 2.75) is 12.5 Å². The Bertz CT molecular complexity index is 430. The Balaban J connectivity index is 2.51. The van der Waals surface area contributed by atoms with Gasteiger partial charge in [-0.3, -0.25) is 10.1 Å². The van der Waals surface area contributed by atoms with Crippen molar-refractivity contribution >= 4 is 23.5 Å². The molecule has 6 nitrogen and oxygen atoms in total. The minimum absolute atomic E-state index is 0.0177. The number of carbonyl (C=O) groups is 2. The van der Waals surface area contributed by atoms with Crippen molar-refractivity contribution in [1.29, 1.82) is 0 Å². The van der Waals surface area contributed by atoms with Crippen molar-refractivity contribution in [2.75, 3.05) is 6.54 Å². The zero-order valence-electron chi connectivity index (χ0n) is 8.03. The Labute approximate surface area is 90.0 Å². The minimum atomic E-state index is -1.14. The average Bonchev–Trinajstić information content (AvgIpc) is 2.71. The van der Waals surface area contributed by atoms with Crippen LogP contribution in [0.2, 0.25) is 0 Å². The molecule has 0 saturated carbocycles. The van der Waals surface area contributed by atoms with E-state index in [9.17, 15) is 9.59 Å². The van der Waals surface area contributed by atoms with Gasteiger partial charge < -0.3 is 11.1 Å². The molecule has 0 unspecified atom stereocenters. The van der Waals surface area contributed by atoms with E-state index in [-0.39, 0.29) is 6.54 Å². The third kappa shape index (κ3) is 1.31. The third-order valence-corrected chi connectivity index (χ3v) is 3.18. The zero-order chi connectivity index (χ0) is 11.1. The predicted octanol–water partition coefficient (Wildman–Crippen LogP) is -0.555. The number of aryl methyl sites for hydroxylation is 1. The highest BCUT2D eigenvalue weighted by Gasteiger charge is 2.48. The highest BCUT2D eigenvalue weighted by atomic mass is 32.1. The maximum absolute atomic E-state index is 11.7. The van der Waals surface area contributed by atoms with Gasteiger partial charge in [0, 0.05) is 17.5 Å². The second-order valence-corrected chi connectivity index (χ2v) is 3.96. The molecule has 1 aromatic rings. The number of amides is 3. The topological polar surface area (TPSA) is 97.1 Å². The normalized spacial score (nSPS) is 25.2. The van der Waals surface area contributed by atoms with Crippen molar-refractivity contribution in [3.63, 3.8) is 0 Å². The van der Waals surface area contributed by atoms with Gasteiger partial charge in [0.25, 0.3) is 5.91 Å². The van der Waals surface area contributed by atoms with Gasteiger partial charge in [0.1, 0.15) is 0 Å². The number of imide groups is 1. The van der Waals surface area contributed by atoms with E-state index in [1.54, 1.807) is 12.3 Å². The molecule has 1 atom stereocenters. The van der Waals surface area contributed by atoms with Crippen LogP contribution in [0.3, 0.4) is 0 Å². The Hall–Kier alpha value is -1.47. The van der Waals surface area contributed by atoms with Crippen LogP contribution in [0.25, 0.3) is 0 Å². The summed E-state index contributed by atoms with van der Waals surface area (Å²) in [5, 5.41) is 6.46. The molecule has 7 heteroatoms. The number of hydrogen-bond acceptors (Lipinski definition) is 5. The molecule has 1 aliphatic heterocycles. The van der Waals surface area contributed by atoms with Crippen LogP contribution in [-0.2, 0) is 10.3 Å². The van der Waals surface area contributed by atoms with Gasteiger partial charge in [-0.25, -0.2) is 4.79 Å². The lowest BCUT2D eigenvalue weighted by atomic mass is 9.91. The number of nitrogens with two attached hydrogens (primary N) is 1. The molecule has 0 aromatic carbocycles. The van der Waals surface area contributed by atoms with Crippen LogP contribution in [0.15, 0.2) is 5.38 Å². The number of nitrogens with one attached hydrogen (secondary N) is 2. The van der Waals surface area contributed by atoms with Crippen LogP contribution in [-0.4, -0.2) is 22.9 Å². The van der Waals surface area contributed by atoms with Crippen LogP contribution in [0, 0.1) is 6.92 Å². The molecular weight excluding hydrogens is 216 g/mol. The standard InChI is InChI=1S/C8H10N4O2S/c1-4-5(2-15-12-4)8(3-9)6(13)10-7(14)11-8/h2H,3,9H2,1H3,(H2,10,11,13,14)/t8-/m0/s1. The van der Waals surface area contributed by atoms with E-state index in [4.69, 9.17) is 5.73 Å². The lowest BCUT2D eigenvalue weighted by Gasteiger charge is -2.23. The summed E-state index contributed by atoms with van der Waals surface area (Å²) in [6, 6.07) is -0.518. The quantitative estimate of drug-likeness (QED) is 0.589. The third-order valence-electron chi connectivity index (χ3n) is 2.46. The van der Waals surface area contributed by atoms with Gasteiger partial charge in [-0.05, 0) is 18.5 Å². The molecule has 1 aliphatic rings. The molecule has 2 heterocycles. The first-order chi connectivity index (χ1) is 7.10. The molecule has 1 saturated heterocycles. The van der Waals surface area contributed by atoms with Crippen LogP contribution >= 0.6 is 11.5 Å². The fraction of sp³-hybridized carbons (Fsp3) is 0.375. The van der Waals surface area contributed by atoms with Gasteiger partial charge in [-0.1, -0.05) is 0 Å². The van der Waals surface area contributed by atoms with E-state index >= 15 is 0 Å². The van der Waals surface area contributed by atoms with Crippen LogP contribution in [0.5, 0.6) is 0 Å². The van der Waals surface area contributed by atoms with E-state index in [2.05, 4.69) is 15.0 Å². The SMILES string of the molecule is Cc1nscc1[C@]1(CN)NC(=O)NC1=O. The van der Waals surface area contributed by atoms with Crippen molar-refractivity contribution in [1.82, 2.24) is 15.0 Å². The highest BCUT2D eigenvalue weighted by Crippen LogP contribution is 2.27. The molecule has 0 radical (unpaired) electrons. The summed E-state index contributed by atoms with van der Waals surface area (Å²) in [4.78, 5) is 22.8. The van der Waals surface area contributed by atoms with Crippen molar-refractivity contribution in [3.05, 3.63) is 16.6 Å². The van der Waals surface area contributed by atoms with Gasteiger partial charge >= 0.3 is 6.03 Å². The largest absolute Gasteiger partial charge is 0.327 e. The summed E-state index contributed by atoms with van der Waals surface area (Å²) in [7, 11) is 0. The Kier molecular flexibility index (Phi) is 2.20. The molecular formula is C8H10N4O2S. The van der Waals surface area contributed by atoms with Crippen molar-refractivity contribution in [3.8, 4) is 0 Å². The molecule has 80 valence electrons. The highest BCUT2D eigenvalue weighted by molar-refractivity contribution is 7.03. The number of urea groups is 1. The van der Waals surface area contributed by atoms with Crippen LogP contribution in [0.4, 0.5) is 4.79 Å². The summed E-state index contributed by atoms with van der Waals surface area (Å²) in [5.41, 5.74) is 5.81. The molecule has 1 fully saturated rings. The average molecular weight is 226 g/mol. The molecule has 4 N–H and O–H groups in total. The van der Waals surface area contributed by atoms with Gasteiger partial charge in [-0.2, -0.15) is 4.37 Å². The lowest BCUT2D eigenvalue weighted by molar-refractivity contribution is -0.123. The molecule has 15 heavy (non-hydrogen) atoms. The number of hydrogen-bond donors (Lipinski definition) is 3. The number of carbonyl (C=O) groups excluding carboxylic acids is 2. The Morgan fingerprint density at radius 2 is 2.33 bits per heavy atom. The van der Waals surface area contributed by atoms with Gasteiger partial charge in [0.05, 0.1) is 5.69 Å². The number of rotatable bonds is 2. The fourth-order valence-corrected chi connectivity index (χ4v) is 2.42. The first-order valence-electron chi connectivity index (χ1n) is 4.35. The lowest BCUT2D eigenvalue weighted by Crippen LogP contribution is -2.50. The summed E-state index contributed by atoms with van der Waals surface area (Å²) in [6.07, 6.45) is 0. The number of nitrogens with zero attached hydrogens (tertiary/aromatic N) is 1. The summed E-state index contributed by atoms with van der Waals surface area (Å²) in [5.74, 6) is -0.418. The molecule has 0 bridgehead atoms. The van der Waals surface area contributed by atoms with Crippen molar-refractivity contribution in [2.24, 2.45) is 5.73 Å². The summed E-state index contributed by atoms with van der Waals surface area (Å²) >= 11 is 1.23. The zero-order valence-corrected chi connectivity index (χ0v) is 8.85. The molecule has 1 aromatic heterocycles. The molecule has 3 amide bonds. The maximum atomic E-state index is 11.7. The number of aromatic nitrogens is 1. The van der Waals surface area contributed by atoms with Gasteiger partial charge in [0.15, 0.2) is 5.54 Å². The minimum Gasteiger partial charge on any atom is -0.327 e. The molecule has 2 rings (SSSR count). The summed E-state index contributed by atoms with van der Waals surface area (Å²) in [6.45, 7) is 1.80. The first-order valence-corrected chi connectivity index (χ1v) is 5.19. The maximum Gasteiger partial charge on any atom is 0.322 e. The second-order valence-electron chi connectivity index (χ2n) is 3.33. The molecule has 0 aliphatic carbocycles. The van der Waals surface area contributed by atoms with E-state index in [1.807, 2.05) is 0 Å². The van der Waals surface area contributed by atoms with Gasteiger partial charge in [-0.15, -0.1) is 0 Å². The van der Waals surface area contributed by atoms with E-state index in [0.717, 1.165) is 0 Å². The predicted molar refractivity (Wildman–Crippen MR) is 54.3 cm³/mol. The second kappa shape index (κ2) is 3.28. The van der Waals surface area contributed by atoms with E-state index in [1.165, 1.54) is 11.5 Å². The smallest absolute Gasteiger partial charge is 0.322 e. The molecule has 0 spiro atoms. The van der Waals surface area contributed by atoms with Crippen LogP contribution < -0.4 is 16.4 Å². The monoisotopic (exact) mass is 226 g/mol. The first kappa shape index (κ1) is 10.1. The van der Waals surface area contributed by atoms with Gasteiger partial charge in [0.2, 0.25) is 0 Å². The van der Waals surface area contributed by atoms with E-state index in [0.29, 0.717) is 11.3 Å². The Morgan fingerprint density at radius 3 is 2.73 bits per heavy atom. The van der Waals surface area contributed by atoms with Crippen molar-refractivity contribution < 1.29 is 9.59 Å². The summed E-state index contributed by atoms with van der Waals surface area (Å²) < 4.78 is 4.07. The fourth-order valence-electron chi connectivity index (χ4n) is 1.64. The van der Waals surface area contributed by atoms with Crippen LogP contribution in [0.1, 0.15) is 11.3 Å². The van der Waals surface area contributed by atoms with E-state index < -0.39 is 17.5 Å². The Morgan fingerprint density at radius 1 is 1.60 bits per heavy atom.